The van der Waals surface area contributed by atoms with E-state index in [0.717, 1.165) is 29.8 Å². The fourth-order valence-corrected chi connectivity index (χ4v) is 8.26. The van der Waals surface area contributed by atoms with Gasteiger partial charge in [0.25, 0.3) is 0 Å². The van der Waals surface area contributed by atoms with Crippen LogP contribution in [0.2, 0.25) is 0 Å². The highest BCUT2D eigenvalue weighted by molar-refractivity contribution is 7.89. The molecule has 1 heterocycles. The number of fused-ring (bicyclic) bond motifs is 1. The van der Waals surface area contributed by atoms with E-state index in [1.807, 2.05) is 10.9 Å². The van der Waals surface area contributed by atoms with Gasteiger partial charge in [-0.2, -0.15) is 9.40 Å². The maximum absolute atomic E-state index is 14.5. The van der Waals surface area contributed by atoms with Crippen LogP contribution >= 0.6 is 0 Å². The van der Waals surface area contributed by atoms with E-state index < -0.39 is 21.8 Å². The number of hydrogen-bond acceptors (Lipinski definition) is 4. The fraction of sp³-hybridized carbons (Fsp3) is 0.273. The van der Waals surface area contributed by atoms with Gasteiger partial charge in [-0.1, -0.05) is 48.4 Å². The van der Waals surface area contributed by atoms with E-state index in [-0.39, 0.29) is 47.6 Å². The standard InChI is InChI=1S/C33H31F2N3O4S/c1-21-28-19-36-38(26-14-12-25(34)13-15-26)30(28)18-23-10-11-24(32(21)23)20-37(17-16-22-6-2-4-8-29(22)35)43(41,42)31-9-5-3-7-27(31)33(39)40/h2-9,12-15,19,21,24H,10-11,16-18,20H2,1H3,(H,39,40)/t21-,24+/m0/s1. The third kappa shape index (κ3) is 5.41. The normalized spacial score (nSPS) is 18.1. The highest BCUT2D eigenvalue weighted by Gasteiger charge is 2.39. The summed E-state index contributed by atoms with van der Waals surface area (Å²) in [7, 11) is -4.24. The van der Waals surface area contributed by atoms with Gasteiger partial charge >= 0.3 is 5.97 Å². The van der Waals surface area contributed by atoms with Crippen molar-refractivity contribution in [2.45, 2.75) is 43.4 Å². The molecular formula is C33H31F2N3O4S. The molecule has 4 aromatic rings. The third-order valence-electron chi connectivity index (χ3n) is 8.68. The molecular weight excluding hydrogens is 572 g/mol. The topological polar surface area (TPSA) is 92.5 Å². The van der Waals surface area contributed by atoms with Gasteiger partial charge in [-0.25, -0.2) is 26.7 Å². The van der Waals surface area contributed by atoms with Crippen LogP contribution in [0, 0.1) is 17.6 Å². The lowest BCUT2D eigenvalue weighted by molar-refractivity contribution is 0.0692. The Morgan fingerprint density at radius 2 is 1.77 bits per heavy atom. The van der Waals surface area contributed by atoms with Gasteiger partial charge in [0.2, 0.25) is 10.0 Å². The van der Waals surface area contributed by atoms with Gasteiger partial charge in [0, 0.05) is 31.0 Å². The molecule has 6 rings (SSSR count). The van der Waals surface area contributed by atoms with Gasteiger partial charge in [0.05, 0.1) is 28.0 Å². The molecule has 3 aromatic carbocycles. The number of benzene rings is 3. The average molecular weight is 604 g/mol. The first kappa shape index (κ1) is 28.9. The number of sulfonamides is 1. The predicted molar refractivity (Wildman–Crippen MR) is 158 cm³/mol. The zero-order valence-corrected chi connectivity index (χ0v) is 24.4. The molecule has 1 aromatic heterocycles. The van der Waals surface area contributed by atoms with Gasteiger partial charge in [-0.05, 0) is 73.2 Å². The first-order chi connectivity index (χ1) is 20.6. The van der Waals surface area contributed by atoms with Crippen molar-refractivity contribution in [3.05, 3.63) is 124 Å². The summed E-state index contributed by atoms with van der Waals surface area (Å²) in [6.45, 7) is 2.24. The van der Waals surface area contributed by atoms with Crippen molar-refractivity contribution in [2.24, 2.45) is 5.92 Å². The number of halogens is 2. The summed E-state index contributed by atoms with van der Waals surface area (Å²) in [5, 5.41) is 14.4. The van der Waals surface area contributed by atoms with Crippen LogP contribution < -0.4 is 0 Å². The van der Waals surface area contributed by atoms with Crippen LogP contribution in [0.1, 0.15) is 52.9 Å². The lowest BCUT2D eigenvalue weighted by Crippen LogP contribution is -2.38. The van der Waals surface area contributed by atoms with E-state index in [1.54, 1.807) is 30.3 Å². The summed E-state index contributed by atoms with van der Waals surface area (Å²) < 4.78 is 59.4. The van der Waals surface area contributed by atoms with Crippen LogP contribution in [0.25, 0.3) is 5.69 Å². The molecule has 43 heavy (non-hydrogen) atoms. The van der Waals surface area contributed by atoms with Gasteiger partial charge < -0.3 is 5.11 Å². The average Bonchev–Trinajstić information content (AvgIpc) is 3.61. The molecule has 7 nitrogen and oxygen atoms in total. The Balaban J connectivity index is 1.32. The number of carbonyl (C=O) groups is 1. The second-order valence-electron chi connectivity index (χ2n) is 11.1. The van der Waals surface area contributed by atoms with Crippen LogP contribution in [0.15, 0.2) is 95.0 Å². The predicted octanol–water partition coefficient (Wildman–Crippen LogP) is 6.15. The van der Waals surface area contributed by atoms with Gasteiger partial charge in [-0.15, -0.1) is 0 Å². The van der Waals surface area contributed by atoms with E-state index in [2.05, 4.69) is 12.0 Å². The molecule has 0 fully saturated rings. The second-order valence-corrected chi connectivity index (χ2v) is 13.0. The maximum Gasteiger partial charge on any atom is 0.337 e. The zero-order valence-electron chi connectivity index (χ0n) is 23.6. The van der Waals surface area contributed by atoms with E-state index in [9.17, 15) is 27.1 Å². The molecule has 2 aliphatic carbocycles. The second kappa shape index (κ2) is 11.5. The van der Waals surface area contributed by atoms with Crippen molar-refractivity contribution in [3.63, 3.8) is 0 Å². The lowest BCUT2D eigenvalue weighted by atomic mass is 9.80. The van der Waals surface area contributed by atoms with Crippen molar-refractivity contribution < 1.29 is 27.1 Å². The summed E-state index contributed by atoms with van der Waals surface area (Å²) in [6.07, 6.45) is 4.18. The molecule has 0 saturated carbocycles. The number of allylic oxidation sites excluding steroid dienone is 1. The highest BCUT2D eigenvalue weighted by atomic mass is 32.2. The molecule has 0 aliphatic heterocycles. The summed E-state index contributed by atoms with van der Waals surface area (Å²) in [4.78, 5) is 11.7. The molecule has 222 valence electrons. The molecule has 0 spiro atoms. The number of carboxylic acids is 1. The van der Waals surface area contributed by atoms with Gasteiger partial charge in [-0.3, -0.25) is 0 Å². The number of aromatic nitrogens is 2. The van der Waals surface area contributed by atoms with Crippen molar-refractivity contribution in [2.75, 3.05) is 13.1 Å². The molecule has 0 bridgehead atoms. The monoisotopic (exact) mass is 603 g/mol. The molecule has 2 aliphatic rings. The highest BCUT2D eigenvalue weighted by Crippen LogP contribution is 2.47. The first-order valence-electron chi connectivity index (χ1n) is 14.3. The Morgan fingerprint density at radius 1 is 1.05 bits per heavy atom. The van der Waals surface area contributed by atoms with Gasteiger partial charge in [0.1, 0.15) is 11.6 Å². The van der Waals surface area contributed by atoms with Crippen molar-refractivity contribution in [1.82, 2.24) is 14.1 Å². The number of hydrogen-bond donors (Lipinski definition) is 1. The summed E-state index contributed by atoms with van der Waals surface area (Å²) in [6, 6.07) is 18.1. The van der Waals surface area contributed by atoms with Crippen molar-refractivity contribution >= 4 is 16.0 Å². The largest absolute Gasteiger partial charge is 0.478 e. The third-order valence-corrected chi connectivity index (χ3v) is 10.6. The Morgan fingerprint density at radius 3 is 2.51 bits per heavy atom. The van der Waals surface area contributed by atoms with E-state index >= 15 is 0 Å². The maximum atomic E-state index is 14.5. The molecule has 0 amide bonds. The van der Waals surface area contributed by atoms with Crippen LogP contribution in [0.5, 0.6) is 0 Å². The van der Waals surface area contributed by atoms with E-state index in [4.69, 9.17) is 0 Å². The lowest BCUT2D eigenvalue weighted by Gasteiger charge is -2.31. The van der Waals surface area contributed by atoms with Crippen LogP contribution in [0.3, 0.4) is 0 Å². The SMILES string of the molecule is C[C@@H]1C2=C(CC[C@@H]2CN(CCc2ccccc2F)S(=O)(=O)c2ccccc2C(=O)O)Cc2c1cnn2-c1ccc(F)cc1. The first-order valence-corrected chi connectivity index (χ1v) is 15.7. The number of carboxylic acid groups (broad SMARTS) is 1. The van der Waals surface area contributed by atoms with Gasteiger partial charge in [0.15, 0.2) is 0 Å². The fourth-order valence-electron chi connectivity index (χ4n) is 6.59. The minimum absolute atomic E-state index is 0.00152. The molecule has 0 radical (unpaired) electrons. The summed E-state index contributed by atoms with van der Waals surface area (Å²) >= 11 is 0. The Labute approximate surface area is 249 Å². The number of nitrogens with zero attached hydrogens (tertiary/aromatic N) is 3. The zero-order chi connectivity index (χ0) is 30.3. The van der Waals surface area contributed by atoms with Crippen molar-refractivity contribution in [3.8, 4) is 5.69 Å². The van der Waals surface area contributed by atoms with E-state index in [1.165, 1.54) is 57.9 Å². The quantitative estimate of drug-likeness (QED) is 0.232. The Kier molecular flexibility index (Phi) is 7.74. The molecule has 10 heteroatoms. The minimum atomic E-state index is -4.24. The molecule has 2 atom stereocenters. The summed E-state index contributed by atoms with van der Waals surface area (Å²) in [5.41, 5.74) is 5.38. The smallest absolute Gasteiger partial charge is 0.337 e. The van der Waals surface area contributed by atoms with Crippen LogP contribution in [-0.4, -0.2) is 46.7 Å². The Bertz CT molecular complexity index is 1830. The van der Waals surface area contributed by atoms with E-state index in [0.29, 0.717) is 12.0 Å². The van der Waals surface area contributed by atoms with Crippen LogP contribution in [0.4, 0.5) is 8.78 Å². The Hall–Kier alpha value is -4.15. The summed E-state index contributed by atoms with van der Waals surface area (Å²) in [5.74, 6) is -2.17. The minimum Gasteiger partial charge on any atom is -0.478 e. The van der Waals surface area contributed by atoms with Crippen LogP contribution in [-0.2, 0) is 22.9 Å². The number of rotatable bonds is 9. The van der Waals surface area contributed by atoms with Crippen molar-refractivity contribution in [1.29, 1.82) is 0 Å². The number of aromatic carboxylic acids is 1. The molecule has 1 N–H and O–H groups in total. The molecule has 0 unspecified atom stereocenters. The molecule has 0 saturated heterocycles.